The Morgan fingerprint density at radius 2 is 2.17 bits per heavy atom. The average molecular weight is 569 g/mol. The third kappa shape index (κ3) is 5.50. The minimum absolute atomic E-state index is 0.0790. The Labute approximate surface area is 242 Å². The lowest BCUT2D eigenvalue weighted by Gasteiger charge is -2.54. The maximum absolute atomic E-state index is 12.5. The van der Waals surface area contributed by atoms with E-state index >= 15 is 0 Å². The van der Waals surface area contributed by atoms with Crippen molar-refractivity contribution in [3.8, 4) is 11.8 Å². The van der Waals surface area contributed by atoms with Crippen LogP contribution in [0, 0.1) is 17.2 Å². The van der Waals surface area contributed by atoms with Crippen LogP contribution in [-0.2, 0) is 16.0 Å². The van der Waals surface area contributed by atoms with Crippen LogP contribution in [0.1, 0.15) is 44.1 Å². The van der Waals surface area contributed by atoms with Gasteiger partial charge in [-0.25, -0.2) is 0 Å². The number of fused-ring (bicyclic) bond motifs is 2. The van der Waals surface area contributed by atoms with E-state index in [4.69, 9.17) is 21.1 Å². The van der Waals surface area contributed by atoms with E-state index in [1.165, 1.54) is 18.1 Å². The molecule has 2 N–H and O–H groups in total. The van der Waals surface area contributed by atoms with E-state index in [-0.39, 0.29) is 36.1 Å². The molecule has 3 saturated heterocycles. The second-order valence-corrected chi connectivity index (χ2v) is 12.7. The first kappa shape index (κ1) is 28.0. The van der Waals surface area contributed by atoms with Crippen LogP contribution < -0.4 is 15.4 Å². The van der Waals surface area contributed by atoms with E-state index in [0.717, 1.165) is 50.9 Å². The highest BCUT2D eigenvalue weighted by molar-refractivity contribution is 6.30. The van der Waals surface area contributed by atoms with Gasteiger partial charge in [0, 0.05) is 55.5 Å². The van der Waals surface area contributed by atoms with Gasteiger partial charge in [0.15, 0.2) is 6.35 Å². The quantitative estimate of drug-likeness (QED) is 0.506. The zero-order valence-corrected chi connectivity index (χ0v) is 24.1. The average Bonchev–Trinajstić information content (AvgIpc) is 3.52. The van der Waals surface area contributed by atoms with Crippen LogP contribution >= 0.6 is 11.6 Å². The molecule has 10 heteroatoms. The number of rotatable bonds is 6. The molecule has 1 aromatic carbocycles. The van der Waals surface area contributed by atoms with Gasteiger partial charge in [-0.15, -0.1) is 0 Å². The highest BCUT2D eigenvalue weighted by Crippen LogP contribution is 2.47. The molecule has 1 aliphatic carbocycles. The number of ether oxygens (including phenoxy) is 2. The summed E-state index contributed by atoms with van der Waals surface area (Å²) < 4.78 is 13.2. The predicted octanol–water partition coefficient (Wildman–Crippen LogP) is 2.71. The predicted molar refractivity (Wildman–Crippen MR) is 153 cm³/mol. The normalized spacial score (nSPS) is 36.1. The number of hydrogen-bond donors (Lipinski definition) is 2. The fourth-order valence-electron chi connectivity index (χ4n) is 7.69. The van der Waals surface area contributed by atoms with Gasteiger partial charge in [-0.05, 0) is 63.0 Å². The van der Waals surface area contributed by atoms with Crippen molar-refractivity contribution in [2.45, 2.75) is 81.2 Å². The molecule has 4 fully saturated rings. The lowest BCUT2D eigenvalue weighted by molar-refractivity contribution is -0.138. The third-order valence-electron chi connectivity index (χ3n) is 9.82. The van der Waals surface area contributed by atoms with Crippen molar-refractivity contribution < 1.29 is 14.3 Å². The van der Waals surface area contributed by atoms with Crippen molar-refractivity contribution in [3.63, 3.8) is 0 Å². The highest BCUT2D eigenvalue weighted by Gasteiger charge is 2.52. The zero-order valence-electron chi connectivity index (χ0n) is 23.4. The molecular formula is C30H41ClN6O3. The number of hydrogen-bond acceptors (Lipinski definition) is 8. The lowest BCUT2D eigenvalue weighted by Crippen LogP contribution is -2.73. The summed E-state index contributed by atoms with van der Waals surface area (Å²) in [6.07, 6.45) is 7.59. The number of nitrogens with zero attached hydrogens (tertiary/aromatic N) is 4. The smallest absolute Gasteiger partial charge is 0.246 e. The molecule has 4 heterocycles. The number of nitrogens with one attached hydrogen (secondary N) is 2. The topological polar surface area (TPSA) is 93.1 Å². The van der Waals surface area contributed by atoms with Gasteiger partial charge < -0.3 is 19.3 Å². The Morgan fingerprint density at radius 3 is 2.95 bits per heavy atom. The summed E-state index contributed by atoms with van der Waals surface area (Å²) in [6.45, 7) is 7.44. The van der Waals surface area contributed by atoms with E-state index in [2.05, 4.69) is 46.2 Å². The van der Waals surface area contributed by atoms with Gasteiger partial charge in [0.2, 0.25) is 5.91 Å². The molecule has 5 aliphatic rings. The van der Waals surface area contributed by atoms with Gasteiger partial charge in [-0.2, -0.15) is 5.26 Å². The van der Waals surface area contributed by atoms with Gasteiger partial charge in [0.25, 0.3) is 0 Å². The number of amides is 1. The first-order valence-corrected chi connectivity index (χ1v) is 15.1. The van der Waals surface area contributed by atoms with Crippen molar-refractivity contribution in [1.29, 1.82) is 5.26 Å². The van der Waals surface area contributed by atoms with Crippen molar-refractivity contribution in [2.24, 2.45) is 5.92 Å². The number of likely N-dealkylation sites (N-methyl/N-ethyl adjacent to an activating group) is 1. The van der Waals surface area contributed by atoms with Gasteiger partial charge in [0.1, 0.15) is 11.4 Å². The highest BCUT2D eigenvalue weighted by atomic mass is 35.5. The number of likely N-dealkylation sites (tertiary alicyclic amines) is 1. The van der Waals surface area contributed by atoms with Gasteiger partial charge >= 0.3 is 0 Å². The van der Waals surface area contributed by atoms with Gasteiger partial charge in [-0.3, -0.25) is 20.3 Å². The second kappa shape index (κ2) is 11.6. The van der Waals surface area contributed by atoms with E-state index in [0.29, 0.717) is 43.1 Å². The van der Waals surface area contributed by atoms with Crippen molar-refractivity contribution in [2.75, 3.05) is 39.8 Å². The molecule has 40 heavy (non-hydrogen) atoms. The first-order chi connectivity index (χ1) is 19.4. The number of halogens is 1. The summed E-state index contributed by atoms with van der Waals surface area (Å²) in [5, 5.41) is 17.8. The maximum Gasteiger partial charge on any atom is 0.246 e. The summed E-state index contributed by atoms with van der Waals surface area (Å²) in [4.78, 5) is 19.1. The Morgan fingerprint density at radius 1 is 1.30 bits per heavy atom. The molecule has 7 atom stereocenters. The molecule has 6 rings (SSSR count). The SMILES string of the molecule is C=CC(=O)N1CCN(C2NC(OCC3CCCN3C)NC3C[C@]4(CCC32)Cc2ccc(Cl)cc2O4)CC1CC#N. The molecule has 4 aliphatic heterocycles. The summed E-state index contributed by atoms with van der Waals surface area (Å²) in [7, 11) is 2.17. The Hall–Kier alpha value is -2.19. The van der Waals surface area contributed by atoms with Crippen LogP contribution in [0.2, 0.25) is 5.02 Å². The Balaban J connectivity index is 1.20. The number of carbonyl (C=O) groups excluding carboxylic acids is 1. The number of carbonyl (C=O) groups is 1. The fourth-order valence-corrected chi connectivity index (χ4v) is 7.86. The van der Waals surface area contributed by atoms with Crippen LogP contribution in [0.25, 0.3) is 0 Å². The van der Waals surface area contributed by atoms with E-state index in [9.17, 15) is 10.1 Å². The molecule has 0 aromatic heterocycles. The minimum Gasteiger partial charge on any atom is -0.487 e. The van der Waals surface area contributed by atoms with Crippen molar-refractivity contribution in [3.05, 3.63) is 41.4 Å². The van der Waals surface area contributed by atoms with Gasteiger partial charge in [0.05, 0.1) is 31.3 Å². The fraction of sp³-hybridized carbons (Fsp3) is 0.667. The number of benzene rings is 1. The Bertz CT molecular complexity index is 1160. The van der Waals surface area contributed by atoms with E-state index in [1.54, 1.807) is 4.90 Å². The number of piperazine rings is 1. The summed E-state index contributed by atoms with van der Waals surface area (Å²) in [5.41, 5.74) is 0.991. The summed E-state index contributed by atoms with van der Waals surface area (Å²) in [6, 6.07) is 8.77. The number of nitriles is 1. The van der Waals surface area contributed by atoms with Crippen LogP contribution in [-0.4, -0.2) is 96.7 Å². The maximum atomic E-state index is 12.5. The zero-order chi connectivity index (χ0) is 27.9. The van der Waals surface area contributed by atoms with E-state index in [1.807, 2.05) is 12.1 Å². The molecule has 0 bridgehead atoms. The largest absolute Gasteiger partial charge is 0.487 e. The van der Waals surface area contributed by atoms with Gasteiger partial charge in [-0.1, -0.05) is 24.2 Å². The van der Waals surface area contributed by atoms with Crippen LogP contribution in [0.5, 0.6) is 5.75 Å². The van der Waals surface area contributed by atoms with Crippen molar-refractivity contribution >= 4 is 17.5 Å². The molecule has 6 unspecified atom stereocenters. The standard InChI is InChI=1S/C30H41ClN6O3/c1-3-27(38)37-14-13-36(18-22(37)9-11-32)28-24-8-10-30(16-20-6-7-21(31)15-26(20)40-30)17-25(24)33-29(34-28)39-19-23-5-4-12-35(23)2/h3,6-7,15,22-25,28-29,33-34H,1,4-5,8-10,12-14,16-19H2,2H3/t22?,23?,24?,25?,28?,29?,30-/m0/s1. The second-order valence-electron chi connectivity index (χ2n) is 12.2. The molecule has 1 aromatic rings. The third-order valence-corrected chi connectivity index (χ3v) is 10.1. The molecule has 1 saturated carbocycles. The molecule has 9 nitrogen and oxygen atoms in total. The van der Waals surface area contributed by atoms with Crippen LogP contribution in [0.4, 0.5) is 0 Å². The Kier molecular flexibility index (Phi) is 8.10. The molecule has 1 amide bonds. The molecule has 0 radical (unpaired) electrons. The molecular weight excluding hydrogens is 528 g/mol. The summed E-state index contributed by atoms with van der Waals surface area (Å²) in [5.74, 6) is 1.16. The minimum atomic E-state index is -0.282. The van der Waals surface area contributed by atoms with Crippen LogP contribution in [0.3, 0.4) is 0 Å². The lowest BCUT2D eigenvalue weighted by atomic mass is 9.71. The molecule has 1 spiro atoms. The van der Waals surface area contributed by atoms with Crippen LogP contribution in [0.15, 0.2) is 30.9 Å². The molecule has 216 valence electrons. The van der Waals surface area contributed by atoms with Crippen molar-refractivity contribution in [1.82, 2.24) is 25.3 Å². The van der Waals surface area contributed by atoms with E-state index < -0.39 is 0 Å². The monoisotopic (exact) mass is 568 g/mol. The first-order valence-electron chi connectivity index (χ1n) is 14.7. The summed E-state index contributed by atoms with van der Waals surface area (Å²) >= 11 is 6.28.